The van der Waals surface area contributed by atoms with Crippen LogP contribution in [0, 0.1) is 0 Å². The molecule has 1 aromatic carbocycles. The van der Waals surface area contributed by atoms with Crippen molar-refractivity contribution in [1.82, 2.24) is 5.32 Å². The van der Waals surface area contributed by atoms with Crippen molar-refractivity contribution in [1.29, 1.82) is 0 Å². The molecule has 2 unspecified atom stereocenters. The van der Waals surface area contributed by atoms with Crippen LogP contribution in [0.2, 0.25) is 0 Å². The van der Waals surface area contributed by atoms with Crippen LogP contribution in [0.15, 0.2) is 24.3 Å². The van der Waals surface area contributed by atoms with Gasteiger partial charge in [-0.25, -0.2) is 0 Å². The second-order valence-corrected chi connectivity index (χ2v) is 7.18. The molecule has 0 radical (unpaired) electrons. The molecule has 1 rings (SSSR count). The van der Waals surface area contributed by atoms with Crippen molar-refractivity contribution in [3.8, 4) is 0 Å². The molecule has 2 atom stereocenters. The summed E-state index contributed by atoms with van der Waals surface area (Å²) in [6, 6.07) is 8.86. The zero-order valence-electron chi connectivity index (χ0n) is 14.7. The predicted octanol–water partition coefficient (Wildman–Crippen LogP) is 4.88. The number of nitrogens with one attached hydrogen (secondary N) is 1. The van der Waals surface area contributed by atoms with Crippen LogP contribution in [-0.4, -0.2) is 18.2 Å². The molecular weight excluding hydrogens is 258 g/mol. The first-order valence-electron chi connectivity index (χ1n) is 8.27. The molecule has 0 aliphatic rings. The number of hydrogen-bond donors (Lipinski definition) is 1. The Kier molecular flexibility index (Phi) is 7.41. The van der Waals surface area contributed by atoms with Crippen LogP contribution in [-0.2, 0) is 11.3 Å². The Morgan fingerprint density at radius 3 is 2.24 bits per heavy atom. The van der Waals surface area contributed by atoms with E-state index in [0.29, 0.717) is 12.0 Å². The number of hydrogen-bond acceptors (Lipinski definition) is 2. The molecule has 120 valence electrons. The summed E-state index contributed by atoms with van der Waals surface area (Å²) >= 11 is 0. The van der Waals surface area contributed by atoms with Gasteiger partial charge in [0.25, 0.3) is 0 Å². The molecule has 0 fully saturated rings. The van der Waals surface area contributed by atoms with E-state index in [0.717, 1.165) is 19.6 Å². The van der Waals surface area contributed by atoms with Gasteiger partial charge < -0.3 is 10.1 Å². The third kappa shape index (κ3) is 7.63. The van der Waals surface area contributed by atoms with E-state index in [2.05, 4.69) is 71.1 Å². The Labute approximate surface area is 131 Å². The Bertz CT molecular complexity index is 391. The van der Waals surface area contributed by atoms with Gasteiger partial charge >= 0.3 is 0 Å². The molecule has 0 spiro atoms. The smallest absolute Gasteiger partial charge is 0.0720 e. The van der Waals surface area contributed by atoms with Gasteiger partial charge in [-0.3, -0.25) is 0 Å². The quantitative estimate of drug-likeness (QED) is 0.737. The normalized spacial score (nSPS) is 15.0. The maximum absolute atomic E-state index is 5.85. The fourth-order valence-electron chi connectivity index (χ4n) is 2.25. The molecule has 2 heteroatoms. The molecule has 1 N–H and O–H groups in total. The molecule has 0 heterocycles. The minimum absolute atomic E-state index is 0.178. The summed E-state index contributed by atoms with van der Waals surface area (Å²) in [5, 5.41) is 3.56. The highest BCUT2D eigenvalue weighted by atomic mass is 16.5. The molecule has 0 aliphatic carbocycles. The number of ether oxygens (including phenoxy) is 1. The van der Waals surface area contributed by atoms with Gasteiger partial charge in [-0.1, -0.05) is 44.5 Å². The van der Waals surface area contributed by atoms with E-state index in [9.17, 15) is 0 Å². The molecule has 2 nitrogen and oxygen atoms in total. The van der Waals surface area contributed by atoms with Gasteiger partial charge in [-0.15, -0.1) is 0 Å². The summed E-state index contributed by atoms with van der Waals surface area (Å²) in [6.45, 7) is 15.0. The van der Waals surface area contributed by atoms with Crippen LogP contribution in [0.4, 0.5) is 0 Å². The average molecular weight is 291 g/mol. The van der Waals surface area contributed by atoms with Crippen LogP contribution in [0.3, 0.4) is 0 Å². The van der Waals surface area contributed by atoms with Gasteiger partial charge in [0.05, 0.1) is 12.7 Å². The Balaban J connectivity index is 2.46. The second kappa shape index (κ2) is 8.55. The summed E-state index contributed by atoms with van der Waals surface area (Å²) in [5.41, 5.74) is 2.83. The lowest BCUT2D eigenvalue weighted by Gasteiger charge is -2.23. The largest absolute Gasteiger partial charge is 0.374 e. The second-order valence-electron chi connectivity index (χ2n) is 7.18. The first-order valence-corrected chi connectivity index (χ1v) is 8.27. The first kappa shape index (κ1) is 18.2. The maximum atomic E-state index is 5.85. The third-order valence-electron chi connectivity index (χ3n) is 3.72. The van der Waals surface area contributed by atoms with Gasteiger partial charge in [0.15, 0.2) is 0 Å². The molecule has 0 amide bonds. The maximum Gasteiger partial charge on any atom is 0.0720 e. The van der Waals surface area contributed by atoms with Crippen molar-refractivity contribution in [3.63, 3.8) is 0 Å². The van der Waals surface area contributed by atoms with Crippen molar-refractivity contribution >= 4 is 0 Å². The van der Waals surface area contributed by atoms with Gasteiger partial charge in [-0.2, -0.15) is 0 Å². The fourth-order valence-corrected chi connectivity index (χ4v) is 2.25. The van der Waals surface area contributed by atoms with E-state index < -0.39 is 0 Å². The zero-order valence-corrected chi connectivity index (χ0v) is 14.7. The van der Waals surface area contributed by atoms with Crippen molar-refractivity contribution in [3.05, 3.63) is 35.4 Å². The average Bonchev–Trinajstić information content (AvgIpc) is 2.42. The van der Waals surface area contributed by atoms with Crippen LogP contribution in [0.25, 0.3) is 0 Å². The Morgan fingerprint density at radius 1 is 1.10 bits per heavy atom. The van der Waals surface area contributed by atoms with E-state index in [4.69, 9.17) is 4.74 Å². The van der Waals surface area contributed by atoms with E-state index in [1.54, 1.807) is 0 Å². The minimum atomic E-state index is 0.178. The Morgan fingerprint density at radius 2 is 1.71 bits per heavy atom. The van der Waals surface area contributed by atoms with Crippen LogP contribution in [0.5, 0.6) is 0 Å². The van der Waals surface area contributed by atoms with Gasteiger partial charge in [-0.05, 0) is 51.2 Å². The standard InChI is InChI=1S/C19H33NO/c1-7-8-16(3)21-14-17-9-11-18(12-10-17)15(2)13-20-19(4,5)6/h9-12,15-16,20H,7-8,13-14H2,1-6H3. The first-order chi connectivity index (χ1) is 9.81. The highest BCUT2D eigenvalue weighted by molar-refractivity contribution is 5.25. The zero-order chi connectivity index (χ0) is 15.9. The molecule has 21 heavy (non-hydrogen) atoms. The summed E-state index contributed by atoms with van der Waals surface area (Å²) < 4.78 is 5.85. The van der Waals surface area contributed by atoms with Crippen molar-refractivity contribution in [2.75, 3.05) is 6.54 Å². The van der Waals surface area contributed by atoms with Crippen LogP contribution in [0.1, 0.15) is 71.4 Å². The summed E-state index contributed by atoms with van der Waals surface area (Å²) in [5.74, 6) is 0.526. The van der Waals surface area contributed by atoms with Crippen molar-refractivity contribution < 1.29 is 4.74 Å². The Hall–Kier alpha value is -0.860. The van der Waals surface area contributed by atoms with E-state index >= 15 is 0 Å². The highest BCUT2D eigenvalue weighted by Crippen LogP contribution is 2.17. The summed E-state index contributed by atoms with van der Waals surface area (Å²) in [6.07, 6.45) is 2.66. The van der Waals surface area contributed by atoms with E-state index in [1.165, 1.54) is 17.5 Å². The number of benzene rings is 1. The SMILES string of the molecule is CCCC(C)OCc1ccc(C(C)CNC(C)(C)C)cc1. The monoisotopic (exact) mass is 291 g/mol. The third-order valence-corrected chi connectivity index (χ3v) is 3.72. The van der Waals surface area contributed by atoms with Gasteiger partial charge in [0.2, 0.25) is 0 Å². The van der Waals surface area contributed by atoms with Crippen LogP contribution < -0.4 is 5.32 Å². The topological polar surface area (TPSA) is 21.3 Å². The van der Waals surface area contributed by atoms with Gasteiger partial charge in [0, 0.05) is 12.1 Å². The van der Waals surface area contributed by atoms with Crippen molar-refractivity contribution in [2.45, 2.75) is 78.6 Å². The summed E-state index contributed by atoms with van der Waals surface area (Å²) in [7, 11) is 0. The van der Waals surface area contributed by atoms with E-state index in [-0.39, 0.29) is 5.54 Å². The molecule has 0 saturated heterocycles. The summed E-state index contributed by atoms with van der Waals surface area (Å²) in [4.78, 5) is 0. The molecule has 0 aromatic heterocycles. The molecule has 0 saturated carbocycles. The molecular formula is C19H33NO. The van der Waals surface area contributed by atoms with Crippen LogP contribution >= 0.6 is 0 Å². The molecule has 0 bridgehead atoms. The molecule has 1 aromatic rings. The lowest BCUT2D eigenvalue weighted by atomic mass is 9.98. The fraction of sp³-hybridized carbons (Fsp3) is 0.684. The molecule has 0 aliphatic heterocycles. The number of rotatable bonds is 8. The van der Waals surface area contributed by atoms with E-state index in [1.807, 2.05) is 0 Å². The lowest BCUT2D eigenvalue weighted by Crippen LogP contribution is -2.38. The van der Waals surface area contributed by atoms with Gasteiger partial charge in [0.1, 0.15) is 0 Å². The highest BCUT2D eigenvalue weighted by Gasteiger charge is 2.12. The van der Waals surface area contributed by atoms with Crippen molar-refractivity contribution in [2.24, 2.45) is 0 Å². The lowest BCUT2D eigenvalue weighted by molar-refractivity contribution is 0.0472. The minimum Gasteiger partial charge on any atom is -0.374 e. The predicted molar refractivity (Wildman–Crippen MR) is 91.8 cm³/mol.